The molecule has 0 radical (unpaired) electrons. The van der Waals surface area contributed by atoms with E-state index in [-0.39, 0.29) is 35.1 Å². The summed E-state index contributed by atoms with van der Waals surface area (Å²) in [5.41, 5.74) is -2.21. The van der Waals surface area contributed by atoms with Gasteiger partial charge in [0.2, 0.25) is 11.5 Å². The van der Waals surface area contributed by atoms with Crippen molar-refractivity contribution in [1.29, 1.82) is 0 Å². The lowest BCUT2D eigenvalue weighted by Crippen LogP contribution is -2.34. The third kappa shape index (κ3) is 4.26. The first kappa shape index (κ1) is 31.1. The van der Waals surface area contributed by atoms with Crippen molar-refractivity contribution in [2.75, 3.05) is 33.2 Å². The Labute approximate surface area is 279 Å². The summed E-state index contributed by atoms with van der Waals surface area (Å²) in [5.74, 6) is -2.83. The van der Waals surface area contributed by atoms with Crippen LogP contribution in [0.2, 0.25) is 0 Å². The molecule has 1 spiro atoms. The molecule has 3 aliphatic rings. The molecular formula is C34H26F3N5O8. The van der Waals surface area contributed by atoms with Gasteiger partial charge in [-0.3, -0.25) is 14.4 Å². The van der Waals surface area contributed by atoms with E-state index in [1.165, 1.54) is 26.2 Å². The second-order valence-electron chi connectivity index (χ2n) is 12.3. The minimum atomic E-state index is -5.03. The van der Waals surface area contributed by atoms with Crippen molar-refractivity contribution in [1.82, 2.24) is 19.9 Å². The molecule has 2 fully saturated rings. The fourth-order valence-electron chi connectivity index (χ4n) is 7.55. The topological polar surface area (TPSA) is 179 Å². The highest BCUT2D eigenvalue weighted by Crippen LogP contribution is 2.68. The average molecular weight is 690 g/mol. The van der Waals surface area contributed by atoms with E-state index in [1.807, 2.05) is 4.98 Å². The zero-order valence-corrected chi connectivity index (χ0v) is 26.4. The van der Waals surface area contributed by atoms with Crippen LogP contribution in [0.15, 0.2) is 48.2 Å². The molecule has 2 aromatic carbocycles. The second kappa shape index (κ2) is 10.4. The van der Waals surface area contributed by atoms with Gasteiger partial charge in [0.1, 0.15) is 17.1 Å². The zero-order valence-electron chi connectivity index (χ0n) is 26.4. The molecule has 5 aromatic rings. The van der Waals surface area contributed by atoms with E-state index in [2.05, 4.69) is 15.3 Å². The number of benzene rings is 2. The number of carbonyl (C=O) groups is 4. The predicted molar refractivity (Wildman–Crippen MR) is 170 cm³/mol. The number of aromatic amines is 3. The average Bonchev–Trinajstić information content (AvgIpc) is 3.54. The van der Waals surface area contributed by atoms with Crippen molar-refractivity contribution >= 4 is 51.1 Å². The summed E-state index contributed by atoms with van der Waals surface area (Å²) in [5, 5.41) is 13.8. The van der Waals surface area contributed by atoms with Crippen molar-refractivity contribution < 1.29 is 51.7 Å². The Morgan fingerprint density at radius 1 is 0.960 bits per heavy atom. The number of nitrogens with one attached hydrogen (secondary N) is 4. The van der Waals surface area contributed by atoms with Gasteiger partial charge in [0.25, 0.3) is 11.8 Å². The van der Waals surface area contributed by atoms with Gasteiger partial charge in [-0.25, -0.2) is 4.79 Å². The van der Waals surface area contributed by atoms with Gasteiger partial charge in [-0.05, 0) is 42.7 Å². The van der Waals surface area contributed by atoms with E-state index in [4.69, 9.17) is 14.2 Å². The monoisotopic (exact) mass is 689 g/mol. The molecule has 3 aromatic heterocycles. The van der Waals surface area contributed by atoms with Crippen LogP contribution in [0.25, 0.3) is 21.8 Å². The molecule has 8 rings (SSSR count). The lowest BCUT2D eigenvalue weighted by Gasteiger charge is -2.28. The second-order valence-corrected chi connectivity index (χ2v) is 12.3. The SMILES string of the molecule is COc1cc2[nH]c(C(=O)Nc3ccc4[nH]c(C(=O)N5CC6CC67C5=CC(=O)c5[nH]c(C(F)(F)F)c(C(=O)O)c57)cc4c3)cc2c(OC)c1OC. The summed E-state index contributed by atoms with van der Waals surface area (Å²) >= 11 is 0. The standard InChI is InChI=1S/C34H26F3N5O8/c1-48-22-9-18-16(27(49-2)28(22)50-3)8-19(40-18)30(44)38-15-4-5-17-13(6-15)7-20(39-17)31(45)42-12-14-11-33(14)23(42)10-21(43)26-25(33)24(32(46)47)29(41-26)34(35,36)37/h4-10,14,39-41H,11-12H2,1-3H3,(H,38,44)(H,46,47). The van der Waals surface area contributed by atoms with Crippen LogP contribution in [0.1, 0.15) is 59.5 Å². The molecular weight excluding hydrogens is 663 g/mol. The lowest BCUT2D eigenvalue weighted by atomic mass is 9.82. The van der Waals surface area contributed by atoms with Crippen molar-refractivity contribution in [2.45, 2.75) is 18.0 Å². The van der Waals surface area contributed by atoms with E-state index < -0.39 is 52.1 Å². The molecule has 1 aliphatic heterocycles. The largest absolute Gasteiger partial charge is 0.493 e. The van der Waals surface area contributed by atoms with Crippen LogP contribution in [0, 0.1) is 5.92 Å². The van der Waals surface area contributed by atoms with Gasteiger partial charge in [-0.1, -0.05) is 0 Å². The molecule has 0 bridgehead atoms. The van der Waals surface area contributed by atoms with Crippen molar-refractivity contribution in [2.24, 2.45) is 5.92 Å². The summed E-state index contributed by atoms with van der Waals surface area (Å²) in [6.07, 6.45) is -3.61. The molecule has 50 heavy (non-hydrogen) atoms. The number of carboxylic acids is 1. The van der Waals surface area contributed by atoms with Crippen LogP contribution in [-0.4, -0.2) is 76.4 Å². The van der Waals surface area contributed by atoms with Crippen LogP contribution in [0.5, 0.6) is 17.2 Å². The number of nitrogens with zero attached hydrogens (tertiary/aromatic N) is 1. The molecule has 1 saturated heterocycles. The number of amides is 2. The first-order valence-corrected chi connectivity index (χ1v) is 15.2. The Bertz CT molecular complexity index is 2380. The lowest BCUT2D eigenvalue weighted by molar-refractivity contribution is -0.141. The number of fused-ring (bicyclic) bond motifs is 3. The number of ether oxygens (including phenoxy) is 3. The molecule has 1 saturated carbocycles. The van der Waals surface area contributed by atoms with Gasteiger partial charge in [-0.2, -0.15) is 13.2 Å². The van der Waals surface area contributed by atoms with Gasteiger partial charge < -0.3 is 44.5 Å². The smallest absolute Gasteiger partial charge is 0.432 e. The van der Waals surface area contributed by atoms with Gasteiger partial charge in [-0.15, -0.1) is 0 Å². The van der Waals surface area contributed by atoms with E-state index in [9.17, 15) is 37.5 Å². The number of hydrogen-bond acceptors (Lipinski definition) is 7. The molecule has 2 unspecified atom stereocenters. The molecule has 256 valence electrons. The van der Waals surface area contributed by atoms with Gasteiger partial charge >= 0.3 is 12.1 Å². The fraction of sp³-hybridized carbons (Fsp3) is 0.235. The normalized spacial score (nSPS) is 19.2. The number of H-pyrrole nitrogens is 3. The Morgan fingerprint density at radius 3 is 2.38 bits per heavy atom. The molecule has 2 aliphatic carbocycles. The summed E-state index contributed by atoms with van der Waals surface area (Å²) in [4.78, 5) is 61.7. The highest BCUT2D eigenvalue weighted by molar-refractivity contribution is 6.12. The fourth-order valence-corrected chi connectivity index (χ4v) is 7.55. The van der Waals surface area contributed by atoms with Crippen molar-refractivity contribution in [3.8, 4) is 17.2 Å². The number of aromatic nitrogens is 3. The number of ketones is 1. The third-order valence-corrected chi connectivity index (χ3v) is 9.74. The van der Waals surface area contributed by atoms with Gasteiger partial charge in [0.15, 0.2) is 11.5 Å². The number of hydrogen-bond donors (Lipinski definition) is 5. The molecule has 13 nitrogen and oxygen atoms in total. The number of anilines is 1. The first-order valence-electron chi connectivity index (χ1n) is 15.2. The molecule has 2 atom stereocenters. The van der Waals surface area contributed by atoms with Gasteiger partial charge in [0.05, 0.1) is 38.1 Å². The maximum Gasteiger partial charge on any atom is 0.432 e. The molecule has 5 N–H and O–H groups in total. The van der Waals surface area contributed by atoms with E-state index in [0.29, 0.717) is 51.2 Å². The summed E-state index contributed by atoms with van der Waals surface area (Å²) in [7, 11) is 4.44. The molecule has 16 heteroatoms. The van der Waals surface area contributed by atoms with E-state index in [0.717, 1.165) is 6.08 Å². The summed E-state index contributed by atoms with van der Waals surface area (Å²) in [6, 6.07) is 9.84. The van der Waals surface area contributed by atoms with Crippen molar-refractivity contribution in [3.05, 3.63) is 82.1 Å². The Hall–Kier alpha value is -6.19. The van der Waals surface area contributed by atoms with E-state index >= 15 is 0 Å². The van der Waals surface area contributed by atoms with Crippen LogP contribution in [-0.2, 0) is 11.6 Å². The number of carboxylic acid groups (broad SMARTS) is 1. The Morgan fingerprint density at radius 2 is 1.70 bits per heavy atom. The Balaban J connectivity index is 1.07. The number of likely N-dealkylation sites (tertiary alicyclic amines) is 1. The molecule has 2 amide bonds. The van der Waals surface area contributed by atoms with Crippen molar-refractivity contribution in [3.63, 3.8) is 0 Å². The number of carbonyl (C=O) groups excluding carboxylic acids is 3. The number of aromatic carboxylic acids is 1. The highest BCUT2D eigenvalue weighted by Gasteiger charge is 2.69. The first-order chi connectivity index (χ1) is 23.8. The van der Waals surface area contributed by atoms with Crippen LogP contribution < -0.4 is 19.5 Å². The maximum atomic E-state index is 13.8. The number of piperidine rings is 1. The number of halogens is 3. The van der Waals surface area contributed by atoms with Crippen LogP contribution >= 0.6 is 0 Å². The van der Waals surface area contributed by atoms with Crippen LogP contribution in [0.4, 0.5) is 18.9 Å². The highest BCUT2D eigenvalue weighted by atomic mass is 19.4. The zero-order chi connectivity index (χ0) is 35.4. The minimum Gasteiger partial charge on any atom is -0.493 e. The quantitative estimate of drug-likeness (QED) is 0.149. The maximum absolute atomic E-state index is 13.8. The summed E-state index contributed by atoms with van der Waals surface area (Å²) in [6.45, 7) is 0.0900. The minimum absolute atomic E-state index is 0.0900. The third-order valence-electron chi connectivity index (χ3n) is 9.74. The van der Waals surface area contributed by atoms with E-state index in [1.54, 1.807) is 36.4 Å². The number of alkyl halides is 3. The number of rotatable bonds is 7. The Kier molecular flexibility index (Phi) is 6.47. The number of methoxy groups -OCH3 is 3. The van der Waals surface area contributed by atoms with Crippen LogP contribution in [0.3, 0.4) is 0 Å². The summed E-state index contributed by atoms with van der Waals surface area (Å²) < 4.78 is 57.8. The molecule has 4 heterocycles. The van der Waals surface area contributed by atoms with Gasteiger partial charge in [0, 0.05) is 57.3 Å². The number of allylic oxidation sites excluding steroid dienone is 2. The predicted octanol–water partition coefficient (Wildman–Crippen LogP) is 5.47.